The molecule has 2 aliphatic heterocycles. The van der Waals surface area contributed by atoms with Gasteiger partial charge in [-0.25, -0.2) is 13.8 Å². The van der Waals surface area contributed by atoms with Crippen LogP contribution < -0.4 is 9.64 Å². The van der Waals surface area contributed by atoms with E-state index in [9.17, 15) is 8.78 Å². The van der Waals surface area contributed by atoms with E-state index in [1.54, 1.807) is 11.0 Å². The minimum Gasteiger partial charge on any atom is -0.453 e. The van der Waals surface area contributed by atoms with Crippen LogP contribution in [0.15, 0.2) is 54.2 Å². The van der Waals surface area contributed by atoms with Crippen LogP contribution in [0.5, 0.6) is 11.5 Å². The monoisotopic (exact) mass is 685 g/mol. The lowest BCUT2D eigenvalue weighted by atomic mass is 9.72. The first-order chi connectivity index (χ1) is 23.1. The molecular weight excluding hydrogens is 652 g/mol. The SMILES string of the molecule is F/C(=C\c1ccc(Oc2cccc(F)c2F)c(C(F)(F)F)c1N1CCCC2(CCN(CC3CC3)CC2)C1)c1csc(-c2ccnnc2)n1. The molecule has 4 heterocycles. The van der Waals surface area contributed by atoms with Gasteiger partial charge < -0.3 is 14.5 Å². The molecule has 1 saturated carbocycles. The van der Waals surface area contributed by atoms with Gasteiger partial charge in [0.25, 0.3) is 0 Å². The maximum absolute atomic E-state index is 15.9. The van der Waals surface area contributed by atoms with Crippen molar-refractivity contribution in [1.82, 2.24) is 20.1 Å². The highest BCUT2D eigenvalue weighted by atomic mass is 32.1. The van der Waals surface area contributed by atoms with Crippen molar-refractivity contribution in [3.05, 3.63) is 82.6 Å². The molecule has 0 radical (unpaired) electrons. The fourth-order valence-corrected chi connectivity index (χ4v) is 7.71. The molecule has 13 heteroatoms. The number of rotatable bonds is 8. The summed E-state index contributed by atoms with van der Waals surface area (Å²) in [6.07, 6.45) is 4.81. The minimum absolute atomic E-state index is 0.0183. The first kappa shape index (κ1) is 32.6. The molecule has 2 saturated heterocycles. The number of ether oxygens (including phenoxy) is 1. The summed E-state index contributed by atoms with van der Waals surface area (Å²) >= 11 is 1.17. The van der Waals surface area contributed by atoms with Crippen LogP contribution in [0.1, 0.15) is 55.3 Å². The van der Waals surface area contributed by atoms with Crippen LogP contribution in [0.4, 0.5) is 32.0 Å². The molecule has 252 valence electrons. The number of halogens is 6. The van der Waals surface area contributed by atoms with Crippen molar-refractivity contribution in [2.75, 3.05) is 37.6 Å². The summed E-state index contributed by atoms with van der Waals surface area (Å²) in [6.45, 7) is 3.51. The lowest BCUT2D eigenvalue weighted by molar-refractivity contribution is -0.138. The molecule has 1 spiro atoms. The summed E-state index contributed by atoms with van der Waals surface area (Å²) < 4.78 is 95.5. The third kappa shape index (κ3) is 6.93. The van der Waals surface area contributed by atoms with Gasteiger partial charge in [-0.15, -0.1) is 11.3 Å². The molecule has 4 aromatic rings. The van der Waals surface area contributed by atoms with Crippen molar-refractivity contribution in [3.8, 4) is 22.1 Å². The summed E-state index contributed by atoms with van der Waals surface area (Å²) in [7, 11) is 0. The van der Waals surface area contributed by atoms with Crippen molar-refractivity contribution in [2.24, 2.45) is 11.3 Å². The van der Waals surface area contributed by atoms with Crippen molar-refractivity contribution in [1.29, 1.82) is 0 Å². The Kier molecular flexibility index (Phi) is 8.92. The lowest BCUT2D eigenvalue weighted by Gasteiger charge is -2.49. The largest absolute Gasteiger partial charge is 0.453 e. The molecule has 6 nitrogen and oxygen atoms in total. The van der Waals surface area contributed by atoms with E-state index < -0.39 is 40.7 Å². The zero-order chi connectivity index (χ0) is 33.5. The zero-order valence-electron chi connectivity index (χ0n) is 25.9. The Morgan fingerprint density at radius 3 is 2.54 bits per heavy atom. The summed E-state index contributed by atoms with van der Waals surface area (Å²) in [5.74, 6) is -4.10. The molecular formula is C35H33F6N5OS. The minimum atomic E-state index is -4.98. The van der Waals surface area contributed by atoms with Crippen LogP contribution in [0.3, 0.4) is 0 Å². The highest BCUT2D eigenvalue weighted by molar-refractivity contribution is 7.13. The number of nitrogens with zero attached hydrogens (tertiary/aromatic N) is 5. The quantitative estimate of drug-likeness (QED) is 0.173. The predicted octanol–water partition coefficient (Wildman–Crippen LogP) is 9.25. The molecule has 3 aliphatic rings. The molecule has 0 unspecified atom stereocenters. The van der Waals surface area contributed by atoms with Crippen LogP contribution in [-0.2, 0) is 6.18 Å². The average molecular weight is 686 g/mol. The van der Waals surface area contributed by atoms with Gasteiger partial charge in [0.2, 0.25) is 5.82 Å². The van der Waals surface area contributed by atoms with Crippen LogP contribution in [0, 0.1) is 23.0 Å². The van der Waals surface area contributed by atoms with Gasteiger partial charge in [0.15, 0.2) is 11.6 Å². The maximum Gasteiger partial charge on any atom is 0.422 e. The summed E-state index contributed by atoms with van der Waals surface area (Å²) in [5.41, 5.74) is -1.05. The van der Waals surface area contributed by atoms with Gasteiger partial charge in [-0.05, 0) is 99.4 Å². The molecule has 2 aromatic carbocycles. The highest BCUT2D eigenvalue weighted by Crippen LogP contribution is 2.50. The average Bonchev–Trinajstić information content (AvgIpc) is 3.75. The number of aromatic nitrogens is 3. The second kappa shape index (κ2) is 13.1. The number of anilines is 1. The molecule has 3 fully saturated rings. The molecule has 0 amide bonds. The number of hydrogen-bond donors (Lipinski definition) is 0. The molecule has 0 bridgehead atoms. The van der Waals surface area contributed by atoms with E-state index in [0.29, 0.717) is 30.1 Å². The van der Waals surface area contributed by atoms with E-state index in [1.807, 2.05) is 0 Å². The van der Waals surface area contributed by atoms with E-state index in [4.69, 9.17) is 4.74 Å². The molecule has 48 heavy (non-hydrogen) atoms. The second-order valence-corrected chi connectivity index (χ2v) is 13.8. The number of likely N-dealkylation sites (tertiary alicyclic amines) is 1. The Labute approximate surface area is 278 Å². The van der Waals surface area contributed by atoms with Crippen LogP contribution >= 0.6 is 11.3 Å². The van der Waals surface area contributed by atoms with Crippen molar-refractivity contribution < 1.29 is 31.1 Å². The number of piperidine rings is 2. The van der Waals surface area contributed by atoms with Crippen molar-refractivity contribution in [2.45, 2.75) is 44.7 Å². The van der Waals surface area contributed by atoms with Gasteiger partial charge in [0.05, 0.1) is 18.1 Å². The lowest BCUT2D eigenvalue weighted by Crippen LogP contribution is -2.50. The van der Waals surface area contributed by atoms with E-state index in [1.165, 1.54) is 48.0 Å². The van der Waals surface area contributed by atoms with E-state index in [0.717, 1.165) is 75.2 Å². The van der Waals surface area contributed by atoms with Gasteiger partial charge in [0, 0.05) is 36.1 Å². The smallest absolute Gasteiger partial charge is 0.422 e. The Balaban J connectivity index is 1.29. The van der Waals surface area contributed by atoms with Gasteiger partial charge >= 0.3 is 6.18 Å². The molecule has 2 aromatic heterocycles. The van der Waals surface area contributed by atoms with Crippen molar-refractivity contribution in [3.63, 3.8) is 0 Å². The first-order valence-electron chi connectivity index (χ1n) is 16.0. The number of alkyl halides is 3. The third-order valence-corrected chi connectivity index (χ3v) is 10.5. The van der Waals surface area contributed by atoms with E-state index in [-0.39, 0.29) is 22.4 Å². The van der Waals surface area contributed by atoms with Crippen LogP contribution in [0.2, 0.25) is 0 Å². The molecule has 0 atom stereocenters. The molecule has 1 aliphatic carbocycles. The number of thiazole rings is 1. The topological polar surface area (TPSA) is 54.4 Å². The van der Waals surface area contributed by atoms with Crippen LogP contribution in [0.25, 0.3) is 22.5 Å². The summed E-state index contributed by atoms with van der Waals surface area (Å²) in [6, 6.07) is 7.11. The fraction of sp³-hybridized carbons (Fsp3) is 0.400. The van der Waals surface area contributed by atoms with Crippen LogP contribution in [-0.4, -0.2) is 52.8 Å². The zero-order valence-corrected chi connectivity index (χ0v) is 26.8. The Bertz CT molecular complexity index is 1800. The normalized spacial score (nSPS) is 18.8. The second-order valence-electron chi connectivity index (χ2n) is 13.0. The molecule has 0 N–H and O–H groups in total. The molecule has 7 rings (SSSR count). The van der Waals surface area contributed by atoms with Crippen molar-refractivity contribution >= 4 is 28.9 Å². The Morgan fingerprint density at radius 1 is 1.00 bits per heavy atom. The van der Waals surface area contributed by atoms with E-state index >= 15 is 17.6 Å². The number of hydrogen-bond acceptors (Lipinski definition) is 7. The summed E-state index contributed by atoms with van der Waals surface area (Å²) in [4.78, 5) is 8.49. The summed E-state index contributed by atoms with van der Waals surface area (Å²) in [5, 5.41) is 9.52. The fourth-order valence-electron chi connectivity index (χ4n) is 6.91. The Morgan fingerprint density at radius 2 is 1.81 bits per heavy atom. The van der Waals surface area contributed by atoms with Gasteiger partial charge in [-0.2, -0.15) is 27.8 Å². The highest BCUT2D eigenvalue weighted by Gasteiger charge is 2.44. The maximum atomic E-state index is 15.9. The predicted molar refractivity (Wildman–Crippen MR) is 172 cm³/mol. The van der Waals surface area contributed by atoms with Gasteiger partial charge in [-0.1, -0.05) is 6.07 Å². The Hall–Kier alpha value is -3.97. The van der Waals surface area contributed by atoms with E-state index in [2.05, 4.69) is 20.1 Å². The number of benzene rings is 2. The van der Waals surface area contributed by atoms with Gasteiger partial charge in [-0.3, -0.25) is 0 Å². The third-order valence-electron chi connectivity index (χ3n) is 9.56. The standard InChI is InChI=1S/C35H33F6N5OS/c36-25-3-1-4-29(31(25)38)47-28-8-7-23(17-26(37)27-20-48-33(44-27)24-9-13-42-43-18-24)32(30(28)35(39,40)41)46-14-2-10-34(21-46)11-15-45(16-12-34)19-22-5-6-22/h1,3-4,7-9,13,17-18,20,22H,2,5-6,10-12,14-16,19,21H2/b26-17-. The van der Waals surface area contributed by atoms with Gasteiger partial charge in [0.1, 0.15) is 27.8 Å². The first-order valence-corrected chi connectivity index (χ1v) is 16.9.